The van der Waals surface area contributed by atoms with E-state index in [4.69, 9.17) is 14.2 Å². The molecule has 0 saturated heterocycles. The molecule has 98 valence electrons. The first-order chi connectivity index (χ1) is 6.98. The quantitative estimate of drug-likeness (QED) is 0.544. The first-order valence-corrected chi connectivity index (χ1v) is 5.30. The van der Waals surface area contributed by atoms with Gasteiger partial charge in [0.15, 0.2) is 0 Å². The molecule has 0 aromatic rings. The van der Waals surface area contributed by atoms with Crippen LogP contribution in [0.25, 0.3) is 0 Å². The Kier molecular flexibility index (Phi) is 8.47. The third-order valence-corrected chi connectivity index (χ3v) is 1.06. The van der Waals surface area contributed by atoms with Crippen molar-refractivity contribution in [3.05, 3.63) is 0 Å². The Morgan fingerprint density at radius 1 is 1.00 bits per heavy atom. The van der Waals surface area contributed by atoms with E-state index < -0.39 is 0 Å². The van der Waals surface area contributed by atoms with Crippen LogP contribution in [0.1, 0.15) is 48.5 Å². The number of hydrogen-bond donors (Lipinski definition) is 0. The van der Waals surface area contributed by atoms with Crippen LogP contribution in [0.2, 0.25) is 0 Å². The van der Waals surface area contributed by atoms with Gasteiger partial charge in [-0.05, 0) is 41.5 Å². The van der Waals surface area contributed by atoms with Crippen LogP contribution in [-0.4, -0.2) is 31.1 Å². The predicted octanol–water partition coefficient (Wildman–Crippen LogP) is 2.75. The summed E-state index contributed by atoms with van der Waals surface area (Å²) < 4.78 is 14.7. The first kappa shape index (κ1) is 17.8. The summed E-state index contributed by atoms with van der Waals surface area (Å²) in [4.78, 5) is 10.2. The van der Waals surface area contributed by atoms with Crippen molar-refractivity contribution in [2.24, 2.45) is 0 Å². The summed E-state index contributed by atoms with van der Waals surface area (Å²) in [6.45, 7) is 13.3. The van der Waals surface area contributed by atoms with Crippen LogP contribution >= 0.6 is 0 Å². The highest BCUT2D eigenvalue weighted by Crippen LogP contribution is 2.05. The molecule has 0 amide bonds. The molecule has 0 rings (SSSR count). The van der Waals surface area contributed by atoms with Gasteiger partial charge in [-0.2, -0.15) is 0 Å². The van der Waals surface area contributed by atoms with Crippen LogP contribution in [0.15, 0.2) is 0 Å². The van der Waals surface area contributed by atoms with E-state index in [2.05, 4.69) is 0 Å². The van der Waals surface area contributed by atoms with Crippen LogP contribution in [0.4, 0.5) is 0 Å². The highest BCUT2D eigenvalue weighted by Gasteiger charge is 2.11. The highest BCUT2D eigenvalue weighted by molar-refractivity contribution is 5.66. The van der Waals surface area contributed by atoms with Gasteiger partial charge in [0.1, 0.15) is 12.4 Å². The van der Waals surface area contributed by atoms with E-state index >= 15 is 0 Å². The summed E-state index contributed by atoms with van der Waals surface area (Å²) in [6.07, 6.45) is 0. The molecule has 0 aliphatic carbocycles. The van der Waals surface area contributed by atoms with Crippen molar-refractivity contribution in [3.8, 4) is 0 Å². The smallest absolute Gasteiger partial charge is 0.303 e. The molecule has 0 aromatic carbocycles. The van der Waals surface area contributed by atoms with Crippen molar-refractivity contribution >= 4 is 5.97 Å². The lowest BCUT2D eigenvalue weighted by Crippen LogP contribution is -2.21. The second-order valence-corrected chi connectivity index (χ2v) is 5.37. The van der Waals surface area contributed by atoms with Crippen molar-refractivity contribution < 1.29 is 19.0 Å². The minimum atomic E-state index is -0.328. The van der Waals surface area contributed by atoms with Gasteiger partial charge in [0.25, 0.3) is 0 Å². The lowest BCUT2D eigenvalue weighted by atomic mass is 10.2. The zero-order valence-corrected chi connectivity index (χ0v) is 11.8. The maximum absolute atomic E-state index is 10.2. The molecule has 16 heavy (non-hydrogen) atoms. The molecule has 0 fully saturated rings. The van der Waals surface area contributed by atoms with Gasteiger partial charge in [0.2, 0.25) is 0 Å². The molecule has 0 aliphatic rings. The Morgan fingerprint density at radius 2 is 1.44 bits per heavy atom. The maximum Gasteiger partial charge on any atom is 0.303 e. The molecule has 0 saturated carbocycles. The van der Waals surface area contributed by atoms with Gasteiger partial charge in [0.05, 0.1) is 5.60 Å². The number of ether oxygens (including phenoxy) is 3. The van der Waals surface area contributed by atoms with Gasteiger partial charge in [-0.3, -0.25) is 4.79 Å². The summed E-state index contributed by atoms with van der Waals surface area (Å²) in [5.74, 6) is -0.225. The molecule has 0 aliphatic heterocycles. The van der Waals surface area contributed by atoms with E-state index in [0.717, 1.165) is 0 Å². The normalized spacial score (nSPS) is 11.5. The highest BCUT2D eigenvalue weighted by atomic mass is 16.7. The molecular formula is C12H26O4. The van der Waals surface area contributed by atoms with E-state index in [0.29, 0.717) is 6.79 Å². The number of carbonyl (C=O) groups is 1. The Morgan fingerprint density at radius 3 is 1.50 bits per heavy atom. The monoisotopic (exact) mass is 234 g/mol. The van der Waals surface area contributed by atoms with Crippen molar-refractivity contribution in [2.45, 2.75) is 59.7 Å². The predicted molar refractivity (Wildman–Crippen MR) is 64.2 cm³/mol. The molecule has 0 N–H and O–H groups in total. The average molecular weight is 234 g/mol. The van der Waals surface area contributed by atoms with Gasteiger partial charge in [-0.25, -0.2) is 0 Å². The first-order valence-electron chi connectivity index (χ1n) is 5.30. The second kappa shape index (κ2) is 7.63. The van der Waals surface area contributed by atoms with Crippen molar-refractivity contribution in [3.63, 3.8) is 0 Å². The minimum absolute atomic E-state index is 0.0734. The zero-order chi connectivity index (χ0) is 13.4. The van der Waals surface area contributed by atoms with Crippen LogP contribution < -0.4 is 0 Å². The number of rotatable bonds is 2. The molecule has 0 spiro atoms. The van der Waals surface area contributed by atoms with E-state index in [-0.39, 0.29) is 17.2 Å². The molecule has 0 radical (unpaired) electrons. The molecular weight excluding hydrogens is 208 g/mol. The maximum atomic E-state index is 10.2. The Balaban J connectivity index is 0. The molecule has 0 bridgehead atoms. The second-order valence-electron chi connectivity index (χ2n) is 5.37. The standard InChI is InChI=1S/C6H14O2.C6H12O2/c1-6(2,3)8-5-7-4;1-5(7)8-6(2,3)4/h5H2,1-4H3;1-4H3. The Hall–Kier alpha value is -0.610. The summed E-state index contributed by atoms with van der Waals surface area (Å²) in [6, 6.07) is 0. The summed E-state index contributed by atoms with van der Waals surface area (Å²) >= 11 is 0. The Bertz CT molecular complexity index is 186. The van der Waals surface area contributed by atoms with Gasteiger partial charge >= 0.3 is 5.97 Å². The fourth-order valence-electron chi connectivity index (χ4n) is 0.667. The van der Waals surface area contributed by atoms with Gasteiger partial charge < -0.3 is 14.2 Å². The lowest BCUT2D eigenvalue weighted by molar-refractivity contribution is -0.151. The van der Waals surface area contributed by atoms with Crippen LogP contribution in [0.5, 0.6) is 0 Å². The number of esters is 1. The van der Waals surface area contributed by atoms with E-state index in [1.165, 1.54) is 6.92 Å². The lowest BCUT2D eigenvalue weighted by Gasteiger charge is -2.17. The molecule has 4 nitrogen and oxygen atoms in total. The third kappa shape index (κ3) is 23.3. The topological polar surface area (TPSA) is 44.8 Å². The number of hydrogen-bond acceptors (Lipinski definition) is 4. The fraction of sp³-hybridized carbons (Fsp3) is 0.917. The fourth-order valence-corrected chi connectivity index (χ4v) is 0.667. The summed E-state index contributed by atoms with van der Waals surface area (Å²) in [7, 11) is 1.62. The van der Waals surface area contributed by atoms with Crippen LogP contribution in [0.3, 0.4) is 0 Å². The molecule has 0 aromatic heterocycles. The SMILES string of the molecule is CC(=O)OC(C)(C)C.COCOC(C)(C)C. The van der Waals surface area contributed by atoms with E-state index in [1.807, 2.05) is 41.5 Å². The van der Waals surface area contributed by atoms with Crippen molar-refractivity contribution in [1.29, 1.82) is 0 Å². The van der Waals surface area contributed by atoms with Crippen molar-refractivity contribution in [2.75, 3.05) is 13.9 Å². The molecule has 0 atom stereocenters. The summed E-state index contributed by atoms with van der Waals surface area (Å²) in [5.41, 5.74) is -0.401. The molecule has 0 heterocycles. The molecule has 0 unspecified atom stereocenters. The number of carbonyl (C=O) groups excluding carboxylic acids is 1. The third-order valence-electron chi connectivity index (χ3n) is 1.06. The summed E-state index contributed by atoms with van der Waals surface area (Å²) in [5, 5.41) is 0. The molecule has 4 heteroatoms. The van der Waals surface area contributed by atoms with E-state index in [9.17, 15) is 4.79 Å². The van der Waals surface area contributed by atoms with Crippen LogP contribution in [-0.2, 0) is 19.0 Å². The minimum Gasteiger partial charge on any atom is -0.460 e. The van der Waals surface area contributed by atoms with Crippen LogP contribution in [0, 0.1) is 0 Å². The Labute approximate surface area is 99.3 Å². The van der Waals surface area contributed by atoms with Gasteiger partial charge in [-0.1, -0.05) is 0 Å². The zero-order valence-electron chi connectivity index (χ0n) is 11.8. The van der Waals surface area contributed by atoms with E-state index in [1.54, 1.807) is 7.11 Å². The largest absolute Gasteiger partial charge is 0.460 e. The van der Waals surface area contributed by atoms with Gasteiger partial charge in [-0.15, -0.1) is 0 Å². The van der Waals surface area contributed by atoms with Gasteiger partial charge in [0, 0.05) is 14.0 Å². The average Bonchev–Trinajstić information content (AvgIpc) is 1.95. The van der Waals surface area contributed by atoms with Crippen molar-refractivity contribution in [1.82, 2.24) is 0 Å². The number of methoxy groups -OCH3 is 1.